The fourth-order valence-electron chi connectivity index (χ4n) is 4.62. The zero-order valence-corrected chi connectivity index (χ0v) is 20.4. The molecule has 4 rings (SSSR count). The average molecular weight is 496 g/mol. The van der Waals surface area contributed by atoms with Gasteiger partial charge in [-0.1, -0.05) is 23.2 Å². The standard InChI is InChI=1S/C26H23Cl2N3O3/c1-14-10-16(20-7-8-23(28)31-30-20)11-15(2)24(14)25-22(33)13-17(26(25)34)12-18(32)5-6-21-19(27)4-3-9-29-21/h3-4,7-11,17,25H,5-6,12-13H2,1-2H3. The lowest BCUT2D eigenvalue weighted by Crippen LogP contribution is -2.19. The zero-order chi connectivity index (χ0) is 24.4. The second-order valence-corrected chi connectivity index (χ2v) is 9.44. The first kappa shape index (κ1) is 24.2. The lowest BCUT2D eigenvalue weighted by atomic mass is 9.85. The van der Waals surface area contributed by atoms with E-state index in [-0.39, 0.29) is 36.6 Å². The van der Waals surface area contributed by atoms with E-state index in [1.165, 1.54) is 0 Å². The second kappa shape index (κ2) is 10.1. The van der Waals surface area contributed by atoms with Crippen molar-refractivity contribution in [3.63, 3.8) is 0 Å². The van der Waals surface area contributed by atoms with Gasteiger partial charge in [-0.2, -0.15) is 0 Å². The van der Waals surface area contributed by atoms with Gasteiger partial charge in [0.05, 0.1) is 16.4 Å². The van der Waals surface area contributed by atoms with Crippen molar-refractivity contribution in [3.05, 3.63) is 75.2 Å². The van der Waals surface area contributed by atoms with E-state index in [9.17, 15) is 14.4 Å². The SMILES string of the molecule is Cc1cc(-c2ccc(Cl)nn2)cc(C)c1C1C(=O)CC(CC(=O)CCc2ncccc2Cl)C1=O. The molecule has 6 nitrogen and oxygen atoms in total. The van der Waals surface area contributed by atoms with Crippen molar-refractivity contribution in [2.75, 3.05) is 0 Å². The molecule has 1 aliphatic rings. The number of benzene rings is 1. The minimum absolute atomic E-state index is 0.0576. The van der Waals surface area contributed by atoms with Gasteiger partial charge in [0.1, 0.15) is 17.5 Å². The summed E-state index contributed by atoms with van der Waals surface area (Å²) in [5.74, 6) is -1.82. The van der Waals surface area contributed by atoms with Gasteiger partial charge in [0.2, 0.25) is 0 Å². The predicted octanol–water partition coefficient (Wildman–Crippen LogP) is 5.30. The van der Waals surface area contributed by atoms with E-state index >= 15 is 0 Å². The van der Waals surface area contributed by atoms with Crippen LogP contribution in [0.4, 0.5) is 0 Å². The molecule has 0 saturated heterocycles. The molecule has 174 valence electrons. The Morgan fingerprint density at radius 2 is 1.79 bits per heavy atom. The number of Topliss-reactive ketones (excluding diaryl/α,β-unsaturated/α-hetero) is 3. The molecule has 2 unspecified atom stereocenters. The molecule has 0 amide bonds. The van der Waals surface area contributed by atoms with Gasteiger partial charge in [-0.25, -0.2) is 0 Å². The van der Waals surface area contributed by atoms with E-state index in [1.54, 1.807) is 30.5 Å². The van der Waals surface area contributed by atoms with Gasteiger partial charge < -0.3 is 0 Å². The van der Waals surface area contributed by atoms with E-state index in [0.29, 0.717) is 28.0 Å². The highest BCUT2D eigenvalue weighted by Crippen LogP contribution is 2.38. The Bertz CT molecular complexity index is 1250. The van der Waals surface area contributed by atoms with Crippen LogP contribution in [0.2, 0.25) is 10.2 Å². The van der Waals surface area contributed by atoms with E-state index in [4.69, 9.17) is 23.2 Å². The third-order valence-electron chi connectivity index (χ3n) is 6.22. The van der Waals surface area contributed by atoms with Gasteiger partial charge in [0, 0.05) is 36.9 Å². The van der Waals surface area contributed by atoms with Gasteiger partial charge in [-0.3, -0.25) is 19.4 Å². The molecule has 2 heterocycles. The molecular weight excluding hydrogens is 473 g/mol. The Labute approximate surface area is 207 Å². The number of rotatable bonds is 7. The summed E-state index contributed by atoms with van der Waals surface area (Å²) in [6.45, 7) is 3.76. The monoisotopic (exact) mass is 495 g/mol. The minimum Gasteiger partial charge on any atom is -0.300 e. The smallest absolute Gasteiger partial charge is 0.151 e. The molecule has 2 atom stereocenters. The van der Waals surface area contributed by atoms with E-state index < -0.39 is 11.8 Å². The number of carbonyl (C=O) groups is 3. The van der Waals surface area contributed by atoms with E-state index in [0.717, 1.165) is 22.3 Å². The summed E-state index contributed by atoms with van der Waals surface area (Å²) in [6, 6.07) is 10.7. The molecule has 0 radical (unpaired) electrons. The molecule has 0 bridgehead atoms. The molecule has 1 fully saturated rings. The number of hydrogen-bond donors (Lipinski definition) is 0. The van der Waals surface area contributed by atoms with Crippen LogP contribution in [0.3, 0.4) is 0 Å². The number of aromatic nitrogens is 3. The predicted molar refractivity (Wildman–Crippen MR) is 130 cm³/mol. The Hall–Kier alpha value is -2.96. The highest BCUT2D eigenvalue weighted by Gasteiger charge is 2.43. The largest absolute Gasteiger partial charge is 0.300 e. The quantitative estimate of drug-likeness (QED) is 0.413. The molecule has 0 spiro atoms. The third-order valence-corrected chi connectivity index (χ3v) is 6.76. The van der Waals surface area contributed by atoms with Crippen molar-refractivity contribution >= 4 is 40.6 Å². The van der Waals surface area contributed by atoms with Crippen molar-refractivity contribution in [1.82, 2.24) is 15.2 Å². The maximum Gasteiger partial charge on any atom is 0.151 e. The minimum atomic E-state index is -0.839. The molecule has 3 aromatic rings. The van der Waals surface area contributed by atoms with E-state index in [1.807, 2.05) is 26.0 Å². The third kappa shape index (κ3) is 5.08. The molecule has 34 heavy (non-hydrogen) atoms. The average Bonchev–Trinajstić information content (AvgIpc) is 3.06. The first-order valence-electron chi connectivity index (χ1n) is 11.0. The van der Waals surface area contributed by atoms with Crippen LogP contribution in [0.15, 0.2) is 42.6 Å². The molecule has 1 saturated carbocycles. The summed E-state index contributed by atoms with van der Waals surface area (Å²) in [7, 11) is 0. The van der Waals surface area contributed by atoms with Crippen molar-refractivity contribution in [2.24, 2.45) is 5.92 Å². The second-order valence-electron chi connectivity index (χ2n) is 8.64. The highest BCUT2D eigenvalue weighted by atomic mass is 35.5. The lowest BCUT2D eigenvalue weighted by molar-refractivity contribution is -0.127. The van der Waals surface area contributed by atoms with Crippen LogP contribution >= 0.6 is 23.2 Å². The number of aryl methyl sites for hydroxylation is 3. The Morgan fingerprint density at radius 1 is 1.06 bits per heavy atom. The van der Waals surface area contributed by atoms with Gasteiger partial charge >= 0.3 is 0 Å². The summed E-state index contributed by atoms with van der Waals surface area (Å²) in [6.07, 6.45) is 2.41. The summed E-state index contributed by atoms with van der Waals surface area (Å²) in [5.41, 5.74) is 4.52. The summed E-state index contributed by atoms with van der Waals surface area (Å²) >= 11 is 11.9. The van der Waals surface area contributed by atoms with E-state index in [2.05, 4.69) is 15.2 Å². The van der Waals surface area contributed by atoms with Gasteiger partial charge in [0.25, 0.3) is 0 Å². The fourth-order valence-corrected chi connectivity index (χ4v) is 4.93. The summed E-state index contributed by atoms with van der Waals surface area (Å²) in [4.78, 5) is 42.9. The topological polar surface area (TPSA) is 89.9 Å². The Balaban J connectivity index is 1.48. The normalized spacial score (nSPS) is 17.9. The number of nitrogens with zero attached hydrogens (tertiary/aromatic N) is 3. The Morgan fingerprint density at radius 3 is 2.44 bits per heavy atom. The van der Waals surface area contributed by atoms with Crippen LogP contribution in [0.25, 0.3) is 11.3 Å². The molecule has 0 N–H and O–H groups in total. The maximum absolute atomic E-state index is 13.2. The van der Waals surface area contributed by atoms with Gasteiger partial charge in [-0.15, -0.1) is 10.2 Å². The molecule has 2 aromatic heterocycles. The summed E-state index contributed by atoms with van der Waals surface area (Å²) in [5, 5.41) is 8.81. The van der Waals surface area contributed by atoms with Crippen molar-refractivity contribution in [2.45, 2.75) is 45.4 Å². The zero-order valence-electron chi connectivity index (χ0n) is 18.8. The maximum atomic E-state index is 13.2. The first-order chi connectivity index (χ1) is 16.2. The first-order valence-corrected chi connectivity index (χ1v) is 11.8. The van der Waals surface area contributed by atoms with Crippen molar-refractivity contribution in [1.29, 1.82) is 0 Å². The van der Waals surface area contributed by atoms with Crippen LogP contribution in [0.5, 0.6) is 0 Å². The van der Waals surface area contributed by atoms with Gasteiger partial charge in [0.15, 0.2) is 10.9 Å². The van der Waals surface area contributed by atoms with Gasteiger partial charge in [-0.05, 0) is 73.4 Å². The van der Waals surface area contributed by atoms with Crippen LogP contribution in [-0.4, -0.2) is 32.5 Å². The molecule has 1 aromatic carbocycles. The van der Waals surface area contributed by atoms with Crippen molar-refractivity contribution < 1.29 is 14.4 Å². The van der Waals surface area contributed by atoms with Crippen LogP contribution in [0.1, 0.15) is 47.6 Å². The van der Waals surface area contributed by atoms with Crippen LogP contribution in [0, 0.1) is 19.8 Å². The number of ketones is 3. The number of carbonyl (C=O) groups excluding carboxylic acids is 3. The number of halogens is 2. The molecule has 0 aliphatic heterocycles. The van der Waals surface area contributed by atoms with Crippen LogP contribution < -0.4 is 0 Å². The fraction of sp³-hybridized carbons (Fsp3) is 0.308. The van der Waals surface area contributed by atoms with Crippen molar-refractivity contribution in [3.8, 4) is 11.3 Å². The summed E-state index contributed by atoms with van der Waals surface area (Å²) < 4.78 is 0. The number of hydrogen-bond acceptors (Lipinski definition) is 6. The highest BCUT2D eigenvalue weighted by molar-refractivity contribution is 6.31. The number of pyridine rings is 1. The van der Waals surface area contributed by atoms with Crippen LogP contribution in [-0.2, 0) is 20.8 Å². The molecule has 1 aliphatic carbocycles. The molecular formula is C26H23Cl2N3O3. The molecule has 8 heteroatoms. The lowest BCUT2D eigenvalue weighted by Gasteiger charge is -2.17. The Kier molecular flexibility index (Phi) is 7.19.